The van der Waals surface area contributed by atoms with Crippen molar-refractivity contribution in [1.29, 1.82) is 0 Å². The lowest BCUT2D eigenvalue weighted by Crippen LogP contribution is -2.14. The summed E-state index contributed by atoms with van der Waals surface area (Å²) in [5.74, 6) is -0.126. The lowest BCUT2D eigenvalue weighted by atomic mass is 10.1. The average molecular weight is 281 g/mol. The smallest absolute Gasteiger partial charge is 0.257 e. The number of nitrogens with zero attached hydrogens (tertiary/aromatic N) is 1. The van der Waals surface area contributed by atoms with Crippen molar-refractivity contribution in [2.75, 3.05) is 10.6 Å². The molecular formula is C17H19N3O. The number of benzene rings is 1. The van der Waals surface area contributed by atoms with E-state index in [0.29, 0.717) is 11.6 Å². The number of para-hydroxylation sites is 1. The highest BCUT2D eigenvalue weighted by molar-refractivity contribution is 6.05. The fourth-order valence-corrected chi connectivity index (χ4v) is 2.30. The van der Waals surface area contributed by atoms with Crippen molar-refractivity contribution in [1.82, 2.24) is 4.98 Å². The molecule has 1 amide bonds. The van der Waals surface area contributed by atoms with Gasteiger partial charge in [0, 0.05) is 24.1 Å². The number of nitrogens with one attached hydrogen (secondary N) is 2. The fraction of sp³-hybridized carbons (Fsp3) is 0.294. The van der Waals surface area contributed by atoms with Gasteiger partial charge < -0.3 is 10.6 Å². The summed E-state index contributed by atoms with van der Waals surface area (Å²) in [6.07, 6.45) is 5.74. The summed E-state index contributed by atoms with van der Waals surface area (Å²) < 4.78 is 0. The third-order valence-electron chi connectivity index (χ3n) is 3.67. The lowest BCUT2D eigenvalue weighted by Gasteiger charge is -2.12. The van der Waals surface area contributed by atoms with Crippen LogP contribution in [0.15, 0.2) is 36.7 Å². The Labute approximate surface area is 124 Å². The van der Waals surface area contributed by atoms with E-state index in [1.54, 1.807) is 12.4 Å². The second-order valence-electron chi connectivity index (χ2n) is 5.60. The minimum Gasteiger partial charge on any atom is -0.381 e. The summed E-state index contributed by atoms with van der Waals surface area (Å²) in [7, 11) is 0. The molecule has 1 aliphatic rings. The van der Waals surface area contributed by atoms with Crippen molar-refractivity contribution >= 4 is 17.3 Å². The first-order chi connectivity index (χ1) is 10.1. The van der Waals surface area contributed by atoms with Crippen LogP contribution in [0.5, 0.6) is 0 Å². The van der Waals surface area contributed by atoms with Crippen molar-refractivity contribution < 1.29 is 4.79 Å². The van der Waals surface area contributed by atoms with E-state index in [1.165, 1.54) is 12.8 Å². The van der Waals surface area contributed by atoms with Crippen molar-refractivity contribution in [3.8, 4) is 0 Å². The molecule has 2 N–H and O–H groups in total. The van der Waals surface area contributed by atoms with Crippen LogP contribution >= 0.6 is 0 Å². The normalized spacial score (nSPS) is 13.8. The van der Waals surface area contributed by atoms with Crippen LogP contribution in [0.2, 0.25) is 0 Å². The zero-order chi connectivity index (χ0) is 14.8. The monoisotopic (exact) mass is 281 g/mol. The molecule has 4 heteroatoms. The van der Waals surface area contributed by atoms with Crippen molar-refractivity contribution in [3.63, 3.8) is 0 Å². The molecule has 1 heterocycles. The number of pyridine rings is 1. The lowest BCUT2D eigenvalue weighted by molar-refractivity contribution is 0.102. The number of carbonyl (C=O) groups is 1. The maximum absolute atomic E-state index is 12.4. The van der Waals surface area contributed by atoms with Crippen LogP contribution in [0, 0.1) is 13.8 Å². The summed E-state index contributed by atoms with van der Waals surface area (Å²) >= 11 is 0. The molecule has 108 valence electrons. The van der Waals surface area contributed by atoms with E-state index in [-0.39, 0.29) is 5.91 Å². The largest absolute Gasteiger partial charge is 0.381 e. The van der Waals surface area contributed by atoms with Gasteiger partial charge >= 0.3 is 0 Å². The molecule has 0 atom stereocenters. The summed E-state index contributed by atoms with van der Waals surface area (Å²) in [6, 6.07) is 8.37. The first kappa shape index (κ1) is 13.6. The number of aryl methyl sites for hydroxylation is 2. The highest BCUT2D eigenvalue weighted by Gasteiger charge is 2.21. The van der Waals surface area contributed by atoms with E-state index >= 15 is 0 Å². The van der Waals surface area contributed by atoms with Gasteiger partial charge in [-0.15, -0.1) is 0 Å². The van der Waals surface area contributed by atoms with E-state index in [4.69, 9.17) is 0 Å². The number of aromatic nitrogens is 1. The van der Waals surface area contributed by atoms with Gasteiger partial charge in [-0.1, -0.05) is 18.2 Å². The van der Waals surface area contributed by atoms with Gasteiger partial charge in [0.25, 0.3) is 5.91 Å². The quantitative estimate of drug-likeness (QED) is 0.901. The molecule has 1 fully saturated rings. The summed E-state index contributed by atoms with van der Waals surface area (Å²) in [5.41, 5.74) is 4.48. The van der Waals surface area contributed by atoms with Gasteiger partial charge in [0.1, 0.15) is 0 Å². The molecular weight excluding hydrogens is 262 g/mol. The maximum Gasteiger partial charge on any atom is 0.257 e. The van der Waals surface area contributed by atoms with Gasteiger partial charge in [-0.25, -0.2) is 0 Å². The zero-order valence-electron chi connectivity index (χ0n) is 12.3. The Morgan fingerprint density at radius 1 is 1.19 bits per heavy atom. The minimum absolute atomic E-state index is 0.126. The van der Waals surface area contributed by atoms with Crippen LogP contribution < -0.4 is 10.6 Å². The predicted octanol–water partition coefficient (Wildman–Crippen LogP) is 3.53. The predicted molar refractivity (Wildman–Crippen MR) is 84.8 cm³/mol. The van der Waals surface area contributed by atoms with Gasteiger partial charge in [-0.3, -0.25) is 9.78 Å². The SMILES string of the molecule is Cc1cccc(C)c1NC(=O)c1cncc(NC2CC2)c1. The Hall–Kier alpha value is -2.36. The van der Waals surface area contributed by atoms with E-state index in [1.807, 2.05) is 38.1 Å². The number of hydrogen-bond acceptors (Lipinski definition) is 3. The molecule has 1 saturated carbocycles. The molecule has 2 aromatic rings. The minimum atomic E-state index is -0.126. The standard InChI is InChI=1S/C17H19N3O/c1-11-4-3-5-12(2)16(11)20-17(21)13-8-15(10-18-9-13)19-14-6-7-14/h3-5,8-10,14,19H,6-7H2,1-2H3,(H,20,21). The molecule has 0 bridgehead atoms. The number of anilines is 2. The van der Waals surface area contributed by atoms with Crippen LogP contribution in [0.3, 0.4) is 0 Å². The number of hydrogen-bond donors (Lipinski definition) is 2. The van der Waals surface area contributed by atoms with Crippen molar-refractivity contribution in [2.24, 2.45) is 0 Å². The Kier molecular flexibility index (Phi) is 3.60. The Morgan fingerprint density at radius 3 is 2.57 bits per heavy atom. The fourth-order valence-electron chi connectivity index (χ4n) is 2.30. The number of carbonyl (C=O) groups excluding carboxylic acids is 1. The first-order valence-electron chi connectivity index (χ1n) is 7.22. The third kappa shape index (κ3) is 3.21. The molecule has 1 aliphatic carbocycles. The van der Waals surface area contributed by atoms with Gasteiger partial charge in [-0.2, -0.15) is 0 Å². The van der Waals surface area contributed by atoms with Crippen molar-refractivity contribution in [3.05, 3.63) is 53.3 Å². The second-order valence-corrected chi connectivity index (χ2v) is 5.60. The molecule has 4 nitrogen and oxygen atoms in total. The maximum atomic E-state index is 12.4. The topological polar surface area (TPSA) is 54.0 Å². The van der Waals surface area contributed by atoms with Crippen LogP contribution in [0.1, 0.15) is 34.3 Å². The van der Waals surface area contributed by atoms with Gasteiger partial charge in [-0.05, 0) is 43.9 Å². The van der Waals surface area contributed by atoms with E-state index < -0.39 is 0 Å². The molecule has 21 heavy (non-hydrogen) atoms. The Bertz CT molecular complexity index is 657. The molecule has 0 saturated heterocycles. The zero-order valence-corrected chi connectivity index (χ0v) is 12.3. The summed E-state index contributed by atoms with van der Waals surface area (Å²) in [6.45, 7) is 3.98. The van der Waals surface area contributed by atoms with Gasteiger partial charge in [0.15, 0.2) is 0 Å². The van der Waals surface area contributed by atoms with Crippen LogP contribution in [-0.4, -0.2) is 16.9 Å². The van der Waals surface area contributed by atoms with Crippen LogP contribution in [0.4, 0.5) is 11.4 Å². The van der Waals surface area contributed by atoms with E-state index in [0.717, 1.165) is 22.5 Å². The summed E-state index contributed by atoms with van der Waals surface area (Å²) in [5, 5.41) is 6.34. The summed E-state index contributed by atoms with van der Waals surface area (Å²) in [4.78, 5) is 16.5. The molecule has 0 radical (unpaired) electrons. The van der Waals surface area contributed by atoms with Crippen molar-refractivity contribution in [2.45, 2.75) is 32.7 Å². The highest BCUT2D eigenvalue weighted by atomic mass is 16.1. The van der Waals surface area contributed by atoms with E-state index in [9.17, 15) is 4.79 Å². The molecule has 0 unspecified atom stereocenters. The second kappa shape index (κ2) is 5.56. The van der Waals surface area contributed by atoms with Gasteiger partial charge in [0.2, 0.25) is 0 Å². The molecule has 1 aromatic carbocycles. The van der Waals surface area contributed by atoms with Gasteiger partial charge in [0.05, 0.1) is 11.3 Å². The average Bonchev–Trinajstić information content (AvgIpc) is 3.27. The number of rotatable bonds is 4. The van der Waals surface area contributed by atoms with Crippen LogP contribution in [-0.2, 0) is 0 Å². The Balaban J connectivity index is 1.78. The third-order valence-corrected chi connectivity index (χ3v) is 3.67. The molecule has 0 aliphatic heterocycles. The van der Waals surface area contributed by atoms with E-state index in [2.05, 4.69) is 15.6 Å². The highest BCUT2D eigenvalue weighted by Crippen LogP contribution is 2.25. The number of amides is 1. The first-order valence-corrected chi connectivity index (χ1v) is 7.22. The van der Waals surface area contributed by atoms with Crippen LogP contribution in [0.25, 0.3) is 0 Å². The Morgan fingerprint density at radius 2 is 1.90 bits per heavy atom. The molecule has 0 spiro atoms. The molecule has 1 aromatic heterocycles. The molecule has 3 rings (SSSR count).